The van der Waals surface area contributed by atoms with Crippen molar-refractivity contribution in [1.82, 2.24) is 9.97 Å². The number of anilines is 1. The Kier molecular flexibility index (Phi) is 4.07. The molecule has 2 aromatic heterocycles. The van der Waals surface area contributed by atoms with Crippen molar-refractivity contribution in [3.8, 4) is 0 Å². The smallest absolute Gasteiger partial charge is 0.338 e. The summed E-state index contributed by atoms with van der Waals surface area (Å²) >= 11 is 0. The molecule has 5 heteroatoms. The van der Waals surface area contributed by atoms with Crippen molar-refractivity contribution in [1.29, 1.82) is 0 Å². The molecule has 0 fully saturated rings. The normalized spacial score (nSPS) is 11.7. The van der Waals surface area contributed by atoms with E-state index in [1.807, 2.05) is 19.1 Å². The van der Waals surface area contributed by atoms with E-state index in [0.29, 0.717) is 11.4 Å². The first-order valence-corrected chi connectivity index (χ1v) is 5.91. The molecule has 0 aliphatic heterocycles. The van der Waals surface area contributed by atoms with Crippen LogP contribution in [0.3, 0.4) is 0 Å². The molecule has 0 radical (unpaired) electrons. The van der Waals surface area contributed by atoms with Crippen molar-refractivity contribution in [3.63, 3.8) is 0 Å². The molecular weight excluding hydrogens is 242 g/mol. The second-order valence-corrected chi connectivity index (χ2v) is 4.07. The fourth-order valence-electron chi connectivity index (χ4n) is 1.69. The third kappa shape index (κ3) is 3.28. The van der Waals surface area contributed by atoms with Gasteiger partial charge in [-0.25, -0.2) is 9.78 Å². The third-order valence-corrected chi connectivity index (χ3v) is 2.73. The standard InChI is InChI=1S/C14H15N3O2/c1-10(12-4-3-6-15-9-12)17-13-8-11(5-7-16-13)14(18)19-2/h3-10H,1-2H3,(H,16,17). The van der Waals surface area contributed by atoms with Crippen molar-refractivity contribution in [2.45, 2.75) is 13.0 Å². The van der Waals surface area contributed by atoms with Crippen LogP contribution >= 0.6 is 0 Å². The highest BCUT2D eigenvalue weighted by Gasteiger charge is 2.09. The summed E-state index contributed by atoms with van der Waals surface area (Å²) in [5.41, 5.74) is 1.52. The zero-order valence-corrected chi connectivity index (χ0v) is 10.8. The first kappa shape index (κ1) is 13.0. The van der Waals surface area contributed by atoms with Gasteiger partial charge >= 0.3 is 5.97 Å². The van der Waals surface area contributed by atoms with Gasteiger partial charge in [0.25, 0.3) is 0 Å². The fourth-order valence-corrected chi connectivity index (χ4v) is 1.69. The Hall–Kier alpha value is -2.43. The van der Waals surface area contributed by atoms with Crippen molar-refractivity contribution >= 4 is 11.8 Å². The molecule has 1 unspecified atom stereocenters. The van der Waals surface area contributed by atoms with E-state index in [1.54, 1.807) is 30.7 Å². The number of rotatable bonds is 4. The van der Waals surface area contributed by atoms with Gasteiger partial charge in [-0.3, -0.25) is 4.98 Å². The molecule has 1 N–H and O–H groups in total. The van der Waals surface area contributed by atoms with Gasteiger partial charge in [0.05, 0.1) is 18.7 Å². The topological polar surface area (TPSA) is 64.1 Å². The minimum Gasteiger partial charge on any atom is -0.465 e. The molecule has 0 aromatic carbocycles. The monoisotopic (exact) mass is 257 g/mol. The lowest BCUT2D eigenvalue weighted by molar-refractivity contribution is 0.0600. The number of methoxy groups -OCH3 is 1. The average Bonchev–Trinajstić information content (AvgIpc) is 2.47. The van der Waals surface area contributed by atoms with E-state index in [2.05, 4.69) is 20.0 Å². The summed E-state index contributed by atoms with van der Waals surface area (Å²) in [7, 11) is 1.36. The van der Waals surface area contributed by atoms with Crippen LogP contribution in [0.2, 0.25) is 0 Å². The molecular formula is C14H15N3O2. The number of ether oxygens (including phenoxy) is 1. The Bertz CT molecular complexity index is 558. The number of hydrogen-bond acceptors (Lipinski definition) is 5. The Morgan fingerprint density at radius 3 is 2.89 bits per heavy atom. The van der Waals surface area contributed by atoms with Gasteiger partial charge in [0.1, 0.15) is 5.82 Å². The summed E-state index contributed by atoms with van der Waals surface area (Å²) in [6, 6.07) is 7.19. The van der Waals surface area contributed by atoms with Gasteiger partial charge in [-0.05, 0) is 30.7 Å². The number of nitrogens with one attached hydrogen (secondary N) is 1. The predicted molar refractivity (Wildman–Crippen MR) is 71.9 cm³/mol. The van der Waals surface area contributed by atoms with Crippen LogP contribution in [0.25, 0.3) is 0 Å². The minimum atomic E-state index is -0.375. The van der Waals surface area contributed by atoms with E-state index in [4.69, 9.17) is 0 Å². The van der Waals surface area contributed by atoms with E-state index in [-0.39, 0.29) is 12.0 Å². The summed E-state index contributed by atoms with van der Waals surface area (Å²) in [6.45, 7) is 2.00. The van der Waals surface area contributed by atoms with Gasteiger partial charge in [-0.2, -0.15) is 0 Å². The molecule has 1 atom stereocenters. The number of carbonyl (C=O) groups excluding carboxylic acids is 1. The van der Waals surface area contributed by atoms with Crippen molar-refractivity contribution < 1.29 is 9.53 Å². The van der Waals surface area contributed by atoms with Gasteiger partial charge in [0.15, 0.2) is 0 Å². The van der Waals surface area contributed by atoms with E-state index < -0.39 is 0 Å². The number of carbonyl (C=O) groups is 1. The third-order valence-electron chi connectivity index (χ3n) is 2.73. The van der Waals surface area contributed by atoms with E-state index in [9.17, 15) is 4.79 Å². The maximum atomic E-state index is 11.4. The Balaban J connectivity index is 2.13. The number of aromatic nitrogens is 2. The van der Waals surface area contributed by atoms with Gasteiger partial charge < -0.3 is 10.1 Å². The molecule has 0 saturated carbocycles. The van der Waals surface area contributed by atoms with Crippen LogP contribution in [0.15, 0.2) is 42.9 Å². The van der Waals surface area contributed by atoms with E-state index in [0.717, 1.165) is 5.56 Å². The van der Waals surface area contributed by atoms with E-state index >= 15 is 0 Å². The fraction of sp³-hybridized carbons (Fsp3) is 0.214. The van der Waals surface area contributed by atoms with Gasteiger partial charge in [0.2, 0.25) is 0 Å². The first-order chi connectivity index (χ1) is 9.20. The molecule has 0 saturated heterocycles. The average molecular weight is 257 g/mol. The SMILES string of the molecule is COC(=O)c1ccnc(NC(C)c2cccnc2)c1. The highest BCUT2D eigenvalue weighted by Crippen LogP contribution is 2.17. The van der Waals surface area contributed by atoms with Crippen LogP contribution in [0.4, 0.5) is 5.82 Å². The van der Waals surface area contributed by atoms with Crippen LogP contribution in [0, 0.1) is 0 Å². The highest BCUT2D eigenvalue weighted by molar-refractivity contribution is 5.89. The largest absolute Gasteiger partial charge is 0.465 e. The summed E-state index contributed by atoms with van der Waals surface area (Å²) in [6.07, 6.45) is 5.10. The molecule has 0 spiro atoms. The lowest BCUT2D eigenvalue weighted by Crippen LogP contribution is -2.09. The molecule has 0 amide bonds. The van der Waals surface area contributed by atoms with Crippen LogP contribution < -0.4 is 5.32 Å². The van der Waals surface area contributed by atoms with E-state index in [1.165, 1.54) is 7.11 Å². The predicted octanol–water partition coefficient (Wildman–Crippen LogP) is 2.44. The lowest BCUT2D eigenvalue weighted by atomic mass is 10.1. The van der Waals surface area contributed by atoms with Crippen LogP contribution in [-0.4, -0.2) is 23.0 Å². The Labute approximate surface area is 111 Å². The first-order valence-electron chi connectivity index (χ1n) is 5.91. The van der Waals surface area contributed by atoms with Crippen molar-refractivity contribution in [2.75, 3.05) is 12.4 Å². The number of esters is 1. The second kappa shape index (κ2) is 5.95. The Morgan fingerprint density at radius 2 is 2.21 bits per heavy atom. The summed E-state index contributed by atoms with van der Waals surface area (Å²) in [5.74, 6) is 0.249. The van der Waals surface area contributed by atoms with Gasteiger partial charge in [-0.15, -0.1) is 0 Å². The minimum absolute atomic E-state index is 0.0501. The molecule has 0 bridgehead atoms. The summed E-state index contributed by atoms with van der Waals surface area (Å²) in [4.78, 5) is 19.7. The van der Waals surface area contributed by atoms with Crippen LogP contribution in [0.5, 0.6) is 0 Å². The number of pyridine rings is 2. The second-order valence-electron chi connectivity index (χ2n) is 4.07. The number of hydrogen-bond donors (Lipinski definition) is 1. The van der Waals surface area contributed by atoms with Crippen molar-refractivity contribution in [2.24, 2.45) is 0 Å². The molecule has 19 heavy (non-hydrogen) atoms. The molecule has 98 valence electrons. The molecule has 2 aromatic rings. The number of nitrogens with zero attached hydrogens (tertiary/aromatic N) is 2. The summed E-state index contributed by atoms with van der Waals surface area (Å²) < 4.78 is 4.68. The molecule has 0 aliphatic rings. The van der Waals surface area contributed by atoms with Crippen LogP contribution in [0.1, 0.15) is 28.9 Å². The zero-order valence-electron chi connectivity index (χ0n) is 10.8. The quantitative estimate of drug-likeness (QED) is 0.852. The van der Waals surface area contributed by atoms with Gasteiger partial charge in [0, 0.05) is 18.6 Å². The summed E-state index contributed by atoms with van der Waals surface area (Å²) in [5, 5.41) is 3.22. The molecule has 2 rings (SSSR count). The maximum Gasteiger partial charge on any atom is 0.338 e. The van der Waals surface area contributed by atoms with Gasteiger partial charge in [-0.1, -0.05) is 6.07 Å². The lowest BCUT2D eigenvalue weighted by Gasteiger charge is -2.14. The maximum absolute atomic E-state index is 11.4. The zero-order chi connectivity index (χ0) is 13.7. The molecule has 5 nitrogen and oxygen atoms in total. The van der Waals surface area contributed by atoms with Crippen LogP contribution in [-0.2, 0) is 4.74 Å². The Morgan fingerprint density at radius 1 is 1.37 bits per heavy atom. The molecule has 0 aliphatic carbocycles. The van der Waals surface area contributed by atoms with Crippen molar-refractivity contribution in [3.05, 3.63) is 54.0 Å². The molecule has 2 heterocycles. The highest BCUT2D eigenvalue weighted by atomic mass is 16.5.